The van der Waals surface area contributed by atoms with Gasteiger partial charge in [0, 0.05) is 24.2 Å². The van der Waals surface area contributed by atoms with Gasteiger partial charge in [0.05, 0.1) is 5.02 Å². The van der Waals surface area contributed by atoms with Crippen LogP contribution in [0.15, 0.2) is 23.1 Å². The Balaban J connectivity index is 2.39. The Labute approximate surface area is 130 Å². The molecule has 7 heteroatoms. The zero-order valence-corrected chi connectivity index (χ0v) is 13.6. The summed E-state index contributed by atoms with van der Waals surface area (Å²) in [6, 6.07) is 4.50. The van der Waals surface area contributed by atoms with Gasteiger partial charge >= 0.3 is 0 Å². The van der Waals surface area contributed by atoms with Crippen LogP contribution >= 0.6 is 23.2 Å². The molecule has 1 aliphatic rings. The highest BCUT2D eigenvalue weighted by Gasteiger charge is 2.34. The van der Waals surface area contributed by atoms with Gasteiger partial charge in [-0.25, -0.2) is 8.42 Å². The van der Waals surface area contributed by atoms with Crippen LogP contribution in [-0.2, 0) is 10.0 Å². The number of nitrogens with zero attached hydrogens (tertiary/aromatic N) is 1. The van der Waals surface area contributed by atoms with Crippen molar-refractivity contribution >= 4 is 33.2 Å². The minimum Gasteiger partial charge on any atom is -0.318 e. The van der Waals surface area contributed by atoms with Crippen molar-refractivity contribution in [1.82, 2.24) is 9.62 Å². The van der Waals surface area contributed by atoms with E-state index in [0.29, 0.717) is 18.1 Å². The molecule has 2 rings (SSSR count). The maximum atomic E-state index is 12.8. The summed E-state index contributed by atoms with van der Waals surface area (Å²) in [7, 11) is -1.78. The van der Waals surface area contributed by atoms with Gasteiger partial charge in [-0.2, -0.15) is 4.31 Å². The van der Waals surface area contributed by atoms with Crippen molar-refractivity contribution in [3.8, 4) is 0 Å². The summed E-state index contributed by atoms with van der Waals surface area (Å²) in [6.45, 7) is 1.16. The Hall–Kier alpha value is -0.330. The van der Waals surface area contributed by atoms with E-state index in [2.05, 4.69) is 5.32 Å². The van der Waals surface area contributed by atoms with E-state index in [-0.39, 0.29) is 16.0 Å². The van der Waals surface area contributed by atoms with Crippen LogP contribution in [0.25, 0.3) is 0 Å². The number of likely N-dealkylation sites (N-methyl/N-ethyl adjacent to an activating group) is 1. The summed E-state index contributed by atoms with van der Waals surface area (Å²) in [6.07, 6.45) is 2.78. The molecule has 0 aliphatic carbocycles. The summed E-state index contributed by atoms with van der Waals surface area (Å²) in [5.41, 5.74) is 0. The topological polar surface area (TPSA) is 49.4 Å². The third-order valence-corrected chi connectivity index (χ3v) is 6.16. The highest BCUT2D eigenvalue weighted by molar-refractivity contribution is 7.89. The minimum absolute atomic E-state index is 0.0335. The first-order valence-corrected chi connectivity index (χ1v) is 8.78. The SMILES string of the molecule is CNCC1CCCCN1S(=O)(=O)c1cc(Cl)ccc1Cl. The number of hydrogen-bond donors (Lipinski definition) is 1. The average Bonchev–Trinajstić information content (AvgIpc) is 2.42. The Morgan fingerprint density at radius 2 is 2.10 bits per heavy atom. The molecule has 0 spiro atoms. The molecule has 0 aromatic heterocycles. The third kappa shape index (κ3) is 3.28. The Kier molecular flexibility index (Phi) is 5.31. The van der Waals surface area contributed by atoms with Gasteiger partial charge in [-0.05, 0) is 38.1 Å². The molecule has 1 aromatic carbocycles. The summed E-state index contributed by atoms with van der Waals surface area (Å²) in [4.78, 5) is 0.0923. The predicted octanol–water partition coefficient (Wildman–Crippen LogP) is 2.76. The molecule has 0 saturated carbocycles. The molecule has 0 bridgehead atoms. The summed E-state index contributed by atoms with van der Waals surface area (Å²) >= 11 is 12.0. The maximum absolute atomic E-state index is 12.8. The van der Waals surface area contributed by atoms with Crippen LogP contribution in [0.5, 0.6) is 0 Å². The molecule has 4 nitrogen and oxygen atoms in total. The Bertz CT molecular complexity index is 576. The van der Waals surface area contributed by atoms with E-state index in [1.54, 1.807) is 10.4 Å². The van der Waals surface area contributed by atoms with E-state index in [4.69, 9.17) is 23.2 Å². The quantitative estimate of drug-likeness (QED) is 0.919. The normalized spacial score (nSPS) is 21.1. The maximum Gasteiger partial charge on any atom is 0.244 e. The number of halogens is 2. The number of piperidine rings is 1. The van der Waals surface area contributed by atoms with E-state index < -0.39 is 10.0 Å². The van der Waals surface area contributed by atoms with Crippen molar-refractivity contribution in [2.45, 2.75) is 30.2 Å². The van der Waals surface area contributed by atoms with Crippen LogP contribution < -0.4 is 5.32 Å². The summed E-state index contributed by atoms with van der Waals surface area (Å²) < 4.78 is 27.1. The Morgan fingerprint density at radius 1 is 1.35 bits per heavy atom. The number of benzene rings is 1. The highest BCUT2D eigenvalue weighted by Crippen LogP contribution is 2.31. The second-order valence-electron chi connectivity index (χ2n) is 4.90. The largest absolute Gasteiger partial charge is 0.318 e. The highest BCUT2D eigenvalue weighted by atomic mass is 35.5. The van der Waals surface area contributed by atoms with Crippen LogP contribution in [-0.4, -0.2) is 38.9 Å². The van der Waals surface area contributed by atoms with Crippen molar-refractivity contribution in [3.63, 3.8) is 0 Å². The molecular formula is C13H18Cl2N2O2S. The van der Waals surface area contributed by atoms with Crippen molar-refractivity contribution < 1.29 is 8.42 Å². The first-order valence-electron chi connectivity index (χ1n) is 6.58. The standard InChI is InChI=1S/C13H18Cl2N2O2S/c1-16-9-11-4-2-3-7-17(11)20(18,19)13-8-10(14)5-6-12(13)15/h5-6,8,11,16H,2-4,7,9H2,1H3. The van der Waals surface area contributed by atoms with E-state index in [9.17, 15) is 8.42 Å². The molecule has 1 atom stereocenters. The van der Waals surface area contributed by atoms with Crippen LogP contribution in [0.1, 0.15) is 19.3 Å². The first kappa shape index (κ1) is 16.0. The van der Waals surface area contributed by atoms with Gasteiger partial charge in [-0.3, -0.25) is 0 Å². The molecule has 1 N–H and O–H groups in total. The fourth-order valence-corrected chi connectivity index (χ4v) is 4.96. The van der Waals surface area contributed by atoms with Gasteiger partial charge in [0.1, 0.15) is 4.90 Å². The second kappa shape index (κ2) is 6.62. The monoisotopic (exact) mass is 336 g/mol. The fourth-order valence-electron chi connectivity index (χ4n) is 2.53. The van der Waals surface area contributed by atoms with Gasteiger partial charge in [0.15, 0.2) is 0 Å². The molecule has 1 aromatic rings. The molecule has 1 saturated heterocycles. The third-order valence-electron chi connectivity index (χ3n) is 3.49. The van der Waals surface area contributed by atoms with E-state index in [1.807, 2.05) is 7.05 Å². The molecule has 112 valence electrons. The van der Waals surface area contributed by atoms with Crippen LogP contribution in [0.3, 0.4) is 0 Å². The average molecular weight is 337 g/mol. The lowest BCUT2D eigenvalue weighted by Gasteiger charge is -2.34. The summed E-state index contributed by atoms with van der Waals surface area (Å²) in [5.74, 6) is 0. The molecule has 20 heavy (non-hydrogen) atoms. The molecule has 1 unspecified atom stereocenters. The number of sulfonamides is 1. The van der Waals surface area contributed by atoms with Gasteiger partial charge in [-0.15, -0.1) is 0 Å². The molecule has 0 amide bonds. The lowest BCUT2D eigenvalue weighted by atomic mass is 10.1. The van der Waals surface area contributed by atoms with Crippen LogP contribution in [0.4, 0.5) is 0 Å². The predicted molar refractivity (Wildman–Crippen MR) is 81.9 cm³/mol. The van der Waals surface area contributed by atoms with E-state index >= 15 is 0 Å². The van der Waals surface area contributed by atoms with Crippen molar-refractivity contribution in [2.75, 3.05) is 20.1 Å². The van der Waals surface area contributed by atoms with Crippen LogP contribution in [0.2, 0.25) is 10.0 Å². The van der Waals surface area contributed by atoms with Crippen molar-refractivity contribution in [1.29, 1.82) is 0 Å². The molecule has 1 fully saturated rings. The molecular weight excluding hydrogens is 319 g/mol. The smallest absolute Gasteiger partial charge is 0.244 e. The molecule has 1 heterocycles. The van der Waals surface area contributed by atoms with Crippen molar-refractivity contribution in [3.05, 3.63) is 28.2 Å². The Morgan fingerprint density at radius 3 is 2.80 bits per heavy atom. The molecule has 0 radical (unpaired) electrons. The second-order valence-corrected chi connectivity index (χ2v) is 7.60. The number of hydrogen-bond acceptors (Lipinski definition) is 3. The van der Waals surface area contributed by atoms with Gasteiger partial charge in [-0.1, -0.05) is 29.6 Å². The number of nitrogens with one attached hydrogen (secondary N) is 1. The minimum atomic E-state index is -3.61. The zero-order valence-electron chi connectivity index (χ0n) is 11.3. The van der Waals surface area contributed by atoms with E-state index in [1.165, 1.54) is 12.1 Å². The summed E-state index contributed by atoms with van der Waals surface area (Å²) in [5, 5.41) is 3.63. The van der Waals surface area contributed by atoms with E-state index in [0.717, 1.165) is 19.3 Å². The number of rotatable bonds is 4. The lowest BCUT2D eigenvalue weighted by Crippen LogP contribution is -2.47. The van der Waals surface area contributed by atoms with Gasteiger partial charge in [0.25, 0.3) is 0 Å². The zero-order chi connectivity index (χ0) is 14.8. The first-order chi connectivity index (χ1) is 9.46. The van der Waals surface area contributed by atoms with Gasteiger partial charge in [0.2, 0.25) is 10.0 Å². The fraction of sp³-hybridized carbons (Fsp3) is 0.538. The van der Waals surface area contributed by atoms with Gasteiger partial charge < -0.3 is 5.32 Å². The van der Waals surface area contributed by atoms with Crippen LogP contribution in [0, 0.1) is 0 Å². The molecule has 1 aliphatic heterocycles. The van der Waals surface area contributed by atoms with Crippen molar-refractivity contribution in [2.24, 2.45) is 0 Å². The lowest BCUT2D eigenvalue weighted by molar-refractivity contribution is 0.249.